The van der Waals surface area contributed by atoms with Gasteiger partial charge in [-0.15, -0.1) is 0 Å². The molecule has 0 aliphatic carbocycles. The van der Waals surface area contributed by atoms with Crippen molar-refractivity contribution in [2.45, 2.75) is 45.1 Å². The van der Waals surface area contributed by atoms with Gasteiger partial charge in [0.1, 0.15) is 0 Å². The topological polar surface area (TPSA) is 24.5 Å². The number of hydrogen-bond acceptors (Lipinski definition) is 3. The lowest BCUT2D eigenvalue weighted by Crippen LogP contribution is -2.45. The lowest BCUT2D eigenvalue weighted by molar-refractivity contribution is 0.134. The van der Waals surface area contributed by atoms with Gasteiger partial charge in [0, 0.05) is 26.3 Å². The van der Waals surface area contributed by atoms with Crippen molar-refractivity contribution in [3.8, 4) is 0 Å². The molecule has 1 unspecified atom stereocenters. The summed E-state index contributed by atoms with van der Waals surface area (Å²) in [6, 6.07) is 0.774. The second-order valence-electron chi connectivity index (χ2n) is 4.69. The number of methoxy groups -OCH3 is 1. The normalized spacial score (nSPS) is 22.5. The van der Waals surface area contributed by atoms with E-state index in [-0.39, 0.29) is 0 Å². The number of rotatable bonds is 8. The predicted molar refractivity (Wildman–Crippen MR) is 68.9 cm³/mol. The molecule has 1 rings (SSSR count). The lowest BCUT2D eigenvalue weighted by Gasteiger charge is -2.35. The molecule has 0 bridgehead atoms. The number of hydrogen-bond donors (Lipinski definition) is 1. The molecule has 1 N–H and O–H groups in total. The molecule has 1 heterocycles. The molecule has 1 saturated heterocycles. The maximum absolute atomic E-state index is 5.09. The number of unbranched alkanes of at least 4 members (excludes halogenated alkanes) is 1. The van der Waals surface area contributed by atoms with Crippen molar-refractivity contribution >= 4 is 0 Å². The predicted octanol–water partition coefficient (Wildman–Crippen LogP) is 1.88. The fourth-order valence-electron chi connectivity index (χ4n) is 2.46. The number of nitrogens with zero attached hydrogens (tertiary/aromatic N) is 1. The summed E-state index contributed by atoms with van der Waals surface area (Å²) in [7, 11) is 1.79. The molecule has 0 radical (unpaired) electrons. The quantitative estimate of drug-likeness (QED) is 0.642. The fraction of sp³-hybridized carbons (Fsp3) is 1.00. The van der Waals surface area contributed by atoms with Crippen LogP contribution in [0.1, 0.15) is 39.0 Å². The first-order valence-electron chi connectivity index (χ1n) is 6.82. The average Bonchev–Trinajstić information content (AvgIpc) is 2.33. The molecule has 1 aliphatic rings. The summed E-state index contributed by atoms with van der Waals surface area (Å²) in [4.78, 5) is 2.67. The molecule has 0 aromatic rings. The summed E-state index contributed by atoms with van der Waals surface area (Å²) in [5, 5.41) is 3.48. The van der Waals surface area contributed by atoms with E-state index in [9.17, 15) is 0 Å². The summed E-state index contributed by atoms with van der Waals surface area (Å²) >= 11 is 0. The van der Waals surface area contributed by atoms with E-state index in [2.05, 4.69) is 17.1 Å². The van der Waals surface area contributed by atoms with Crippen LogP contribution in [0.25, 0.3) is 0 Å². The zero-order valence-electron chi connectivity index (χ0n) is 11.0. The van der Waals surface area contributed by atoms with Crippen molar-refractivity contribution in [1.82, 2.24) is 10.2 Å². The van der Waals surface area contributed by atoms with Gasteiger partial charge in [-0.25, -0.2) is 0 Å². The third kappa shape index (κ3) is 5.28. The van der Waals surface area contributed by atoms with Gasteiger partial charge in [-0.3, -0.25) is 4.90 Å². The molecule has 96 valence electrons. The first kappa shape index (κ1) is 13.9. The number of likely N-dealkylation sites (tertiary alicyclic amines) is 1. The minimum absolute atomic E-state index is 0.774. The largest absolute Gasteiger partial charge is 0.385 e. The number of ether oxygens (including phenoxy) is 1. The van der Waals surface area contributed by atoms with Crippen molar-refractivity contribution in [2.24, 2.45) is 0 Å². The molecule has 1 aliphatic heterocycles. The van der Waals surface area contributed by atoms with Gasteiger partial charge in [-0.05, 0) is 45.3 Å². The number of nitrogens with one attached hydrogen (secondary N) is 1. The Kier molecular flexibility index (Phi) is 7.81. The van der Waals surface area contributed by atoms with Crippen molar-refractivity contribution in [2.75, 3.05) is 39.9 Å². The Labute approximate surface area is 101 Å². The van der Waals surface area contributed by atoms with E-state index in [4.69, 9.17) is 4.74 Å². The van der Waals surface area contributed by atoms with Crippen LogP contribution in [0.2, 0.25) is 0 Å². The summed E-state index contributed by atoms with van der Waals surface area (Å²) in [6.45, 7) is 7.90. The smallest absolute Gasteiger partial charge is 0.0462 e. The minimum atomic E-state index is 0.774. The molecule has 0 saturated carbocycles. The summed E-state index contributed by atoms with van der Waals surface area (Å²) < 4.78 is 5.09. The maximum Gasteiger partial charge on any atom is 0.0462 e. The van der Waals surface area contributed by atoms with Gasteiger partial charge < -0.3 is 10.1 Å². The van der Waals surface area contributed by atoms with Crippen molar-refractivity contribution in [3.05, 3.63) is 0 Å². The van der Waals surface area contributed by atoms with E-state index in [0.29, 0.717) is 0 Å². The van der Waals surface area contributed by atoms with E-state index in [1.165, 1.54) is 51.7 Å². The Morgan fingerprint density at radius 1 is 1.31 bits per heavy atom. The van der Waals surface area contributed by atoms with Crippen molar-refractivity contribution in [1.29, 1.82) is 0 Å². The van der Waals surface area contributed by atoms with Crippen LogP contribution < -0.4 is 5.32 Å². The molecule has 1 fully saturated rings. The molecular formula is C13H28N2O. The number of likely N-dealkylation sites (N-methyl/N-ethyl adjacent to an activating group) is 1. The fourth-order valence-corrected chi connectivity index (χ4v) is 2.46. The first-order valence-corrected chi connectivity index (χ1v) is 6.82. The van der Waals surface area contributed by atoms with E-state index in [0.717, 1.165) is 19.2 Å². The average molecular weight is 228 g/mol. The standard InChI is InChI=1S/C13H28N2O/c1-3-14-12-13-8-4-5-9-15(13)10-6-7-11-16-2/h13-14H,3-12H2,1-2H3. The summed E-state index contributed by atoms with van der Waals surface area (Å²) in [6.07, 6.45) is 6.63. The highest BCUT2D eigenvalue weighted by Gasteiger charge is 2.20. The first-order chi connectivity index (χ1) is 7.88. The SMILES string of the molecule is CCNCC1CCCCN1CCCCOC. The molecule has 0 spiro atoms. The van der Waals surface area contributed by atoms with Gasteiger partial charge in [0.2, 0.25) is 0 Å². The van der Waals surface area contributed by atoms with Gasteiger partial charge in [-0.1, -0.05) is 13.3 Å². The second-order valence-corrected chi connectivity index (χ2v) is 4.69. The Morgan fingerprint density at radius 2 is 2.19 bits per heavy atom. The van der Waals surface area contributed by atoms with Crippen LogP contribution in [-0.4, -0.2) is 50.8 Å². The Bertz CT molecular complexity index is 164. The maximum atomic E-state index is 5.09. The van der Waals surface area contributed by atoms with Crippen molar-refractivity contribution in [3.63, 3.8) is 0 Å². The third-order valence-corrected chi connectivity index (χ3v) is 3.42. The third-order valence-electron chi connectivity index (χ3n) is 3.42. The zero-order valence-corrected chi connectivity index (χ0v) is 11.0. The van der Waals surface area contributed by atoms with Crippen LogP contribution in [0.15, 0.2) is 0 Å². The van der Waals surface area contributed by atoms with Gasteiger partial charge in [0.05, 0.1) is 0 Å². The van der Waals surface area contributed by atoms with Crippen LogP contribution in [0.5, 0.6) is 0 Å². The molecule has 0 amide bonds. The van der Waals surface area contributed by atoms with Crippen molar-refractivity contribution < 1.29 is 4.74 Å². The van der Waals surface area contributed by atoms with Crippen LogP contribution in [-0.2, 0) is 4.74 Å². The molecule has 0 aromatic carbocycles. The van der Waals surface area contributed by atoms with E-state index in [1.54, 1.807) is 7.11 Å². The van der Waals surface area contributed by atoms with E-state index < -0.39 is 0 Å². The van der Waals surface area contributed by atoms with E-state index >= 15 is 0 Å². The second kappa shape index (κ2) is 8.97. The Balaban J connectivity index is 2.18. The highest BCUT2D eigenvalue weighted by Crippen LogP contribution is 2.16. The molecule has 3 nitrogen and oxygen atoms in total. The minimum Gasteiger partial charge on any atom is -0.385 e. The van der Waals surface area contributed by atoms with Crippen LogP contribution in [0, 0.1) is 0 Å². The van der Waals surface area contributed by atoms with Crippen LogP contribution in [0.3, 0.4) is 0 Å². The van der Waals surface area contributed by atoms with Gasteiger partial charge >= 0.3 is 0 Å². The molecular weight excluding hydrogens is 200 g/mol. The van der Waals surface area contributed by atoms with Crippen LogP contribution >= 0.6 is 0 Å². The number of piperidine rings is 1. The highest BCUT2D eigenvalue weighted by atomic mass is 16.5. The van der Waals surface area contributed by atoms with Gasteiger partial charge in [0.25, 0.3) is 0 Å². The van der Waals surface area contributed by atoms with E-state index in [1.807, 2.05) is 0 Å². The lowest BCUT2D eigenvalue weighted by atomic mass is 10.0. The Hall–Kier alpha value is -0.120. The zero-order chi connectivity index (χ0) is 11.6. The Morgan fingerprint density at radius 3 is 2.94 bits per heavy atom. The molecule has 3 heteroatoms. The molecule has 1 atom stereocenters. The molecule has 0 aromatic heterocycles. The monoisotopic (exact) mass is 228 g/mol. The summed E-state index contributed by atoms with van der Waals surface area (Å²) in [5.74, 6) is 0. The highest BCUT2D eigenvalue weighted by molar-refractivity contribution is 4.78. The molecule has 16 heavy (non-hydrogen) atoms. The van der Waals surface area contributed by atoms with Gasteiger partial charge in [0.15, 0.2) is 0 Å². The van der Waals surface area contributed by atoms with Gasteiger partial charge in [-0.2, -0.15) is 0 Å². The van der Waals surface area contributed by atoms with Crippen LogP contribution in [0.4, 0.5) is 0 Å². The summed E-state index contributed by atoms with van der Waals surface area (Å²) in [5.41, 5.74) is 0.